The molecule has 1 aliphatic heterocycles. The number of nitrogens with one attached hydrogen (secondary N) is 1. The SMILES string of the molecule is CCOc1cc(/C=C2\C(=O)NN(c3ccccc3)C2=O)cc(Cl)c1OCc1c(Cl)cccc1Cl. The van der Waals surface area contributed by atoms with Crippen molar-refractivity contribution in [1.82, 2.24) is 5.43 Å². The van der Waals surface area contributed by atoms with E-state index in [0.717, 1.165) is 0 Å². The van der Waals surface area contributed by atoms with Crippen LogP contribution in [0.2, 0.25) is 15.1 Å². The number of carbonyl (C=O) groups is 2. The van der Waals surface area contributed by atoms with Crippen molar-refractivity contribution >= 4 is 58.4 Å². The van der Waals surface area contributed by atoms with Crippen molar-refractivity contribution in [3.8, 4) is 11.5 Å². The monoisotopic (exact) mass is 516 g/mol. The molecule has 1 aliphatic rings. The number of nitrogens with zero attached hydrogens (tertiary/aromatic N) is 1. The van der Waals surface area contributed by atoms with Crippen LogP contribution in [0.15, 0.2) is 66.2 Å². The van der Waals surface area contributed by atoms with E-state index in [9.17, 15) is 9.59 Å². The third kappa shape index (κ3) is 4.99. The lowest BCUT2D eigenvalue weighted by Gasteiger charge is -2.16. The molecule has 3 aromatic rings. The smallest absolute Gasteiger partial charge is 0.282 e. The molecule has 0 aliphatic carbocycles. The molecular formula is C25H19Cl3N2O4. The van der Waals surface area contributed by atoms with Gasteiger partial charge >= 0.3 is 0 Å². The van der Waals surface area contributed by atoms with Crippen LogP contribution >= 0.6 is 34.8 Å². The molecule has 1 heterocycles. The summed E-state index contributed by atoms with van der Waals surface area (Å²) in [5.41, 5.74) is 4.21. The molecule has 34 heavy (non-hydrogen) atoms. The molecule has 0 spiro atoms. The molecule has 1 fully saturated rings. The topological polar surface area (TPSA) is 67.9 Å². The first-order valence-electron chi connectivity index (χ1n) is 10.3. The molecule has 9 heteroatoms. The molecule has 6 nitrogen and oxygen atoms in total. The minimum Gasteiger partial charge on any atom is -0.490 e. The molecular weight excluding hydrogens is 499 g/mol. The Balaban J connectivity index is 1.63. The average molecular weight is 518 g/mol. The summed E-state index contributed by atoms with van der Waals surface area (Å²) >= 11 is 19.0. The van der Waals surface area contributed by atoms with Crippen molar-refractivity contribution < 1.29 is 19.1 Å². The second kappa shape index (κ2) is 10.4. The average Bonchev–Trinajstić information content (AvgIpc) is 3.09. The van der Waals surface area contributed by atoms with Gasteiger partial charge in [0.25, 0.3) is 11.8 Å². The highest BCUT2D eigenvalue weighted by atomic mass is 35.5. The Morgan fingerprint density at radius 2 is 1.62 bits per heavy atom. The molecule has 4 rings (SSSR count). The van der Waals surface area contributed by atoms with Crippen LogP contribution in [0.5, 0.6) is 11.5 Å². The minimum absolute atomic E-state index is 0.0288. The number of rotatable bonds is 7. The number of ether oxygens (including phenoxy) is 2. The molecule has 0 radical (unpaired) electrons. The number of para-hydroxylation sites is 1. The Morgan fingerprint density at radius 3 is 2.29 bits per heavy atom. The number of amides is 2. The maximum atomic E-state index is 12.9. The second-order valence-electron chi connectivity index (χ2n) is 7.23. The Kier molecular flexibility index (Phi) is 7.32. The molecule has 2 amide bonds. The predicted molar refractivity (Wildman–Crippen MR) is 133 cm³/mol. The molecule has 0 bridgehead atoms. The Bertz CT molecular complexity index is 1260. The van der Waals surface area contributed by atoms with Crippen LogP contribution in [0, 0.1) is 0 Å². The van der Waals surface area contributed by atoms with Crippen molar-refractivity contribution in [2.75, 3.05) is 11.6 Å². The van der Waals surface area contributed by atoms with Crippen LogP contribution in [0.25, 0.3) is 6.08 Å². The summed E-state index contributed by atoms with van der Waals surface area (Å²) < 4.78 is 11.6. The molecule has 0 atom stereocenters. The number of halogens is 3. The summed E-state index contributed by atoms with van der Waals surface area (Å²) in [5, 5.41) is 2.38. The number of carbonyl (C=O) groups excluding carboxylic acids is 2. The van der Waals surface area contributed by atoms with Gasteiger partial charge in [-0.1, -0.05) is 59.1 Å². The highest BCUT2D eigenvalue weighted by Gasteiger charge is 2.34. The number of hydrogen-bond donors (Lipinski definition) is 1. The van der Waals surface area contributed by atoms with Gasteiger partial charge in [0, 0.05) is 15.6 Å². The fraction of sp³-hybridized carbons (Fsp3) is 0.120. The van der Waals surface area contributed by atoms with Crippen LogP contribution in [0.4, 0.5) is 5.69 Å². The van der Waals surface area contributed by atoms with Gasteiger partial charge in [-0.2, -0.15) is 0 Å². The maximum Gasteiger partial charge on any atom is 0.282 e. The van der Waals surface area contributed by atoms with Gasteiger partial charge in [-0.3, -0.25) is 15.0 Å². The summed E-state index contributed by atoms with van der Waals surface area (Å²) in [6, 6.07) is 17.2. The first-order chi connectivity index (χ1) is 16.4. The summed E-state index contributed by atoms with van der Waals surface area (Å²) in [7, 11) is 0. The largest absolute Gasteiger partial charge is 0.490 e. The van der Waals surface area contributed by atoms with Crippen LogP contribution in [-0.2, 0) is 16.2 Å². The Hall–Kier alpha value is -3.19. The van der Waals surface area contributed by atoms with Crippen LogP contribution in [-0.4, -0.2) is 18.4 Å². The molecule has 1 N–H and O–H groups in total. The lowest BCUT2D eigenvalue weighted by atomic mass is 10.1. The van der Waals surface area contributed by atoms with Crippen LogP contribution in [0.1, 0.15) is 18.1 Å². The van der Waals surface area contributed by atoms with E-state index in [1.807, 2.05) is 13.0 Å². The molecule has 174 valence electrons. The zero-order valence-electron chi connectivity index (χ0n) is 18.0. The van der Waals surface area contributed by atoms with Gasteiger partial charge < -0.3 is 9.47 Å². The second-order valence-corrected chi connectivity index (χ2v) is 8.45. The first kappa shape index (κ1) is 24.0. The van der Waals surface area contributed by atoms with E-state index in [1.54, 1.807) is 54.6 Å². The van der Waals surface area contributed by atoms with E-state index in [0.29, 0.717) is 45.0 Å². The molecule has 1 saturated heterocycles. The first-order valence-corrected chi connectivity index (χ1v) is 11.5. The zero-order valence-corrected chi connectivity index (χ0v) is 20.2. The standard InChI is InChI=1S/C25H19Cl3N2O4/c1-2-33-22-13-15(11-17-24(31)29-30(25(17)32)16-7-4-3-5-8-16)12-21(28)23(22)34-14-18-19(26)9-6-10-20(18)27/h3-13H,2,14H2,1H3,(H,29,31)/b17-11+. The van der Waals surface area contributed by atoms with Crippen molar-refractivity contribution in [2.24, 2.45) is 0 Å². The fourth-order valence-electron chi connectivity index (χ4n) is 3.37. The summed E-state index contributed by atoms with van der Waals surface area (Å²) in [4.78, 5) is 25.4. The molecule has 0 saturated carbocycles. The predicted octanol–water partition coefficient (Wildman–Crippen LogP) is 6.09. The van der Waals surface area contributed by atoms with E-state index >= 15 is 0 Å². The van der Waals surface area contributed by atoms with Gasteiger partial charge in [0.2, 0.25) is 0 Å². The third-order valence-electron chi connectivity index (χ3n) is 4.97. The van der Waals surface area contributed by atoms with Crippen LogP contribution in [0.3, 0.4) is 0 Å². The summed E-state index contributed by atoms with van der Waals surface area (Å²) in [6.45, 7) is 2.24. The molecule has 0 unspecified atom stereocenters. The number of hydrogen-bond acceptors (Lipinski definition) is 4. The quantitative estimate of drug-likeness (QED) is 0.304. The summed E-state index contributed by atoms with van der Waals surface area (Å²) in [5.74, 6) is -0.332. The van der Waals surface area contributed by atoms with Gasteiger partial charge in [-0.25, -0.2) is 5.01 Å². The maximum absolute atomic E-state index is 12.9. The van der Waals surface area contributed by atoms with Crippen molar-refractivity contribution in [3.63, 3.8) is 0 Å². The highest BCUT2D eigenvalue weighted by Crippen LogP contribution is 2.39. The van der Waals surface area contributed by atoms with Gasteiger partial charge in [-0.15, -0.1) is 0 Å². The molecule has 0 aromatic heterocycles. The van der Waals surface area contributed by atoms with Gasteiger partial charge in [0.1, 0.15) is 12.2 Å². The van der Waals surface area contributed by atoms with E-state index < -0.39 is 11.8 Å². The van der Waals surface area contributed by atoms with Crippen molar-refractivity contribution in [3.05, 3.63) is 92.4 Å². The van der Waals surface area contributed by atoms with Gasteiger partial charge in [0.15, 0.2) is 11.5 Å². The normalized spacial score (nSPS) is 14.5. The minimum atomic E-state index is -0.517. The van der Waals surface area contributed by atoms with Gasteiger partial charge in [-0.05, 0) is 55.0 Å². The van der Waals surface area contributed by atoms with E-state index in [-0.39, 0.29) is 17.2 Å². The highest BCUT2D eigenvalue weighted by molar-refractivity contribution is 6.36. The lowest BCUT2D eigenvalue weighted by Crippen LogP contribution is -2.35. The molecule has 3 aromatic carbocycles. The number of hydrazine groups is 1. The fourth-order valence-corrected chi connectivity index (χ4v) is 4.15. The van der Waals surface area contributed by atoms with Gasteiger partial charge in [0.05, 0.1) is 17.3 Å². The van der Waals surface area contributed by atoms with Crippen molar-refractivity contribution in [2.45, 2.75) is 13.5 Å². The lowest BCUT2D eigenvalue weighted by molar-refractivity contribution is -0.117. The Labute approximate surface area is 211 Å². The van der Waals surface area contributed by atoms with E-state index in [2.05, 4.69) is 5.43 Å². The third-order valence-corrected chi connectivity index (χ3v) is 5.96. The Morgan fingerprint density at radius 1 is 0.912 bits per heavy atom. The van der Waals surface area contributed by atoms with E-state index in [4.69, 9.17) is 44.3 Å². The summed E-state index contributed by atoms with van der Waals surface area (Å²) in [6.07, 6.45) is 1.46. The zero-order chi connectivity index (χ0) is 24.2. The number of benzene rings is 3. The van der Waals surface area contributed by atoms with Crippen molar-refractivity contribution in [1.29, 1.82) is 0 Å². The number of anilines is 1. The van der Waals surface area contributed by atoms with Crippen LogP contribution < -0.4 is 19.9 Å². The van der Waals surface area contributed by atoms with E-state index in [1.165, 1.54) is 11.1 Å².